The van der Waals surface area contributed by atoms with Crippen molar-refractivity contribution in [1.29, 1.82) is 0 Å². The lowest BCUT2D eigenvalue weighted by Crippen LogP contribution is -2.31. The second kappa shape index (κ2) is 4.06. The highest BCUT2D eigenvalue weighted by Crippen LogP contribution is 2.11. The maximum atomic E-state index is 11.9. The van der Waals surface area contributed by atoms with Crippen LogP contribution in [0.5, 0.6) is 0 Å². The van der Waals surface area contributed by atoms with Crippen molar-refractivity contribution in [2.24, 2.45) is 0 Å². The molecule has 86 valence electrons. The number of nitrogens with zero attached hydrogens (tertiary/aromatic N) is 3. The smallest absolute Gasteiger partial charge is 0.254 e. The van der Waals surface area contributed by atoms with Gasteiger partial charge in [-0.25, -0.2) is 15.0 Å². The van der Waals surface area contributed by atoms with Crippen LogP contribution in [0, 0.1) is 0 Å². The summed E-state index contributed by atoms with van der Waals surface area (Å²) in [6.45, 7) is 1.44. The van der Waals surface area contributed by atoms with Crippen LogP contribution in [0.25, 0.3) is 11.6 Å². The second-order valence-electron chi connectivity index (χ2n) is 3.84. The second-order valence-corrected chi connectivity index (χ2v) is 3.84. The summed E-state index contributed by atoms with van der Waals surface area (Å²) in [6.07, 6.45) is 3.97. The molecule has 2 aromatic heterocycles. The Morgan fingerprint density at radius 2 is 2.06 bits per heavy atom. The fourth-order valence-electron chi connectivity index (χ4n) is 1.90. The van der Waals surface area contributed by atoms with Gasteiger partial charge in [0.1, 0.15) is 0 Å². The van der Waals surface area contributed by atoms with E-state index in [1.165, 1.54) is 0 Å². The molecule has 0 saturated heterocycles. The van der Waals surface area contributed by atoms with Crippen molar-refractivity contribution in [2.75, 3.05) is 6.54 Å². The van der Waals surface area contributed by atoms with E-state index in [1.807, 2.05) is 0 Å². The number of fused-ring (bicyclic) bond motifs is 1. The van der Waals surface area contributed by atoms with E-state index in [2.05, 4.69) is 25.3 Å². The molecule has 0 unspecified atom stereocenters. The molecule has 0 radical (unpaired) electrons. The zero-order chi connectivity index (χ0) is 11.7. The molecule has 17 heavy (non-hydrogen) atoms. The van der Waals surface area contributed by atoms with Crippen molar-refractivity contribution in [1.82, 2.24) is 25.3 Å². The summed E-state index contributed by atoms with van der Waals surface area (Å²) >= 11 is 0. The lowest BCUT2D eigenvalue weighted by molar-refractivity contribution is 0.619. The van der Waals surface area contributed by atoms with Crippen LogP contribution in [-0.2, 0) is 13.0 Å². The Bertz CT molecular complexity index is 593. The Balaban J connectivity index is 2.14. The van der Waals surface area contributed by atoms with E-state index in [9.17, 15) is 4.79 Å². The van der Waals surface area contributed by atoms with Gasteiger partial charge in [-0.3, -0.25) is 4.79 Å². The fourth-order valence-corrected chi connectivity index (χ4v) is 1.90. The molecule has 0 amide bonds. The Kier molecular flexibility index (Phi) is 2.41. The van der Waals surface area contributed by atoms with Crippen molar-refractivity contribution in [3.8, 4) is 11.6 Å². The van der Waals surface area contributed by atoms with Crippen LogP contribution in [0.15, 0.2) is 23.3 Å². The Morgan fingerprint density at radius 1 is 1.24 bits per heavy atom. The van der Waals surface area contributed by atoms with Crippen LogP contribution < -0.4 is 10.9 Å². The molecule has 0 aromatic carbocycles. The largest absolute Gasteiger partial charge is 0.311 e. The van der Waals surface area contributed by atoms with Gasteiger partial charge in [0.25, 0.3) is 5.56 Å². The van der Waals surface area contributed by atoms with Gasteiger partial charge < -0.3 is 10.3 Å². The Morgan fingerprint density at radius 3 is 2.88 bits per heavy atom. The molecular formula is C11H11N5O. The molecule has 0 fully saturated rings. The lowest BCUT2D eigenvalue weighted by Gasteiger charge is -2.15. The number of H-pyrrole nitrogens is 1. The molecule has 1 aliphatic heterocycles. The molecule has 1 aliphatic rings. The van der Waals surface area contributed by atoms with E-state index in [1.54, 1.807) is 18.5 Å². The van der Waals surface area contributed by atoms with Gasteiger partial charge >= 0.3 is 0 Å². The first-order valence-corrected chi connectivity index (χ1v) is 5.45. The van der Waals surface area contributed by atoms with Gasteiger partial charge in [-0.15, -0.1) is 0 Å². The number of rotatable bonds is 1. The van der Waals surface area contributed by atoms with E-state index in [0.29, 0.717) is 24.6 Å². The van der Waals surface area contributed by atoms with E-state index in [4.69, 9.17) is 0 Å². The van der Waals surface area contributed by atoms with Crippen LogP contribution >= 0.6 is 0 Å². The number of hydrogen-bond donors (Lipinski definition) is 2. The van der Waals surface area contributed by atoms with Crippen molar-refractivity contribution >= 4 is 0 Å². The molecule has 2 aromatic rings. The van der Waals surface area contributed by atoms with Crippen LogP contribution in [0.1, 0.15) is 11.3 Å². The van der Waals surface area contributed by atoms with Crippen LogP contribution in [0.4, 0.5) is 0 Å². The van der Waals surface area contributed by atoms with E-state index >= 15 is 0 Å². The predicted octanol–water partition coefficient (Wildman–Crippen LogP) is -0.127. The van der Waals surface area contributed by atoms with E-state index in [0.717, 1.165) is 17.8 Å². The average molecular weight is 229 g/mol. The first-order valence-electron chi connectivity index (χ1n) is 5.45. The van der Waals surface area contributed by atoms with Crippen LogP contribution in [0.2, 0.25) is 0 Å². The van der Waals surface area contributed by atoms with Crippen LogP contribution in [-0.4, -0.2) is 26.5 Å². The maximum Gasteiger partial charge on any atom is 0.254 e. The first-order chi connectivity index (χ1) is 8.34. The predicted molar refractivity (Wildman–Crippen MR) is 61.3 cm³/mol. The molecular weight excluding hydrogens is 218 g/mol. The third-order valence-electron chi connectivity index (χ3n) is 2.72. The van der Waals surface area contributed by atoms with Crippen molar-refractivity contribution in [3.63, 3.8) is 0 Å². The molecule has 2 N–H and O–H groups in total. The van der Waals surface area contributed by atoms with Gasteiger partial charge in [-0.1, -0.05) is 0 Å². The summed E-state index contributed by atoms with van der Waals surface area (Å²) in [5, 5.41) is 3.19. The standard InChI is InChI=1S/C11H11N5O/c17-11-7-2-5-12-6-8(7)15-10(16-11)9-13-3-1-4-14-9/h1,3-4,12H,2,5-6H2,(H,15,16,17). The number of nitrogens with one attached hydrogen (secondary N) is 2. The quantitative estimate of drug-likeness (QED) is 0.711. The molecule has 3 heterocycles. The lowest BCUT2D eigenvalue weighted by atomic mass is 10.1. The zero-order valence-corrected chi connectivity index (χ0v) is 9.10. The normalized spacial score (nSPS) is 14.4. The molecule has 3 rings (SSSR count). The molecule has 6 heteroatoms. The highest BCUT2D eigenvalue weighted by atomic mass is 16.1. The van der Waals surface area contributed by atoms with Gasteiger partial charge in [-0.2, -0.15) is 0 Å². The highest BCUT2D eigenvalue weighted by molar-refractivity contribution is 5.43. The van der Waals surface area contributed by atoms with Crippen molar-refractivity contribution in [3.05, 3.63) is 40.1 Å². The molecule has 0 spiro atoms. The summed E-state index contributed by atoms with van der Waals surface area (Å²) in [5.41, 5.74) is 1.48. The summed E-state index contributed by atoms with van der Waals surface area (Å²) in [7, 11) is 0. The van der Waals surface area contributed by atoms with Gasteiger partial charge in [0, 0.05) is 24.5 Å². The van der Waals surface area contributed by atoms with Crippen molar-refractivity contribution < 1.29 is 0 Å². The minimum atomic E-state index is -0.0843. The molecule has 0 atom stereocenters. The fraction of sp³-hybridized carbons (Fsp3) is 0.273. The van der Waals surface area contributed by atoms with Crippen molar-refractivity contribution in [2.45, 2.75) is 13.0 Å². The Hall–Kier alpha value is -2.08. The van der Waals surface area contributed by atoms with E-state index < -0.39 is 0 Å². The summed E-state index contributed by atoms with van der Waals surface area (Å²) < 4.78 is 0. The minimum absolute atomic E-state index is 0.0843. The topological polar surface area (TPSA) is 83.6 Å². The van der Waals surface area contributed by atoms with Gasteiger partial charge in [0.15, 0.2) is 11.6 Å². The number of hydrogen-bond acceptors (Lipinski definition) is 5. The molecule has 0 saturated carbocycles. The molecule has 0 bridgehead atoms. The van der Waals surface area contributed by atoms with E-state index in [-0.39, 0.29) is 5.56 Å². The SMILES string of the molecule is O=c1[nH]c(-c2ncccn2)nc2c1CCNC2. The van der Waals surface area contributed by atoms with Gasteiger partial charge in [0.05, 0.1) is 5.69 Å². The Labute approximate surface area is 97.2 Å². The summed E-state index contributed by atoms with van der Waals surface area (Å²) in [5.74, 6) is 0.871. The third-order valence-corrected chi connectivity index (χ3v) is 2.72. The molecule has 0 aliphatic carbocycles. The highest BCUT2D eigenvalue weighted by Gasteiger charge is 2.16. The maximum absolute atomic E-state index is 11.9. The monoisotopic (exact) mass is 229 g/mol. The zero-order valence-electron chi connectivity index (χ0n) is 9.10. The number of aromatic nitrogens is 4. The van der Waals surface area contributed by atoms with Crippen LogP contribution in [0.3, 0.4) is 0 Å². The van der Waals surface area contributed by atoms with Gasteiger partial charge in [0.2, 0.25) is 0 Å². The summed E-state index contributed by atoms with van der Waals surface area (Å²) in [4.78, 5) is 27.2. The average Bonchev–Trinajstić information content (AvgIpc) is 2.40. The minimum Gasteiger partial charge on any atom is -0.311 e. The molecule has 6 nitrogen and oxygen atoms in total. The first kappa shape index (κ1) is 10.1. The third kappa shape index (κ3) is 1.83. The number of aromatic amines is 1. The summed E-state index contributed by atoms with van der Waals surface area (Å²) in [6, 6.07) is 1.72. The van der Waals surface area contributed by atoms with Gasteiger partial charge in [-0.05, 0) is 19.0 Å².